The maximum atomic E-state index is 11.2. The Morgan fingerprint density at radius 1 is 1.38 bits per heavy atom. The molecule has 0 heterocycles. The lowest BCUT2D eigenvalue weighted by Crippen LogP contribution is -1.95. The Labute approximate surface area is 90.5 Å². The molecule has 0 bridgehead atoms. The summed E-state index contributed by atoms with van der Waals surface area (Å²) in [5.41, 5.74) is 5.99. The first-order valence-electron chi connectivity index (χ1n) is 3.09. The van der Waals surface area contributed by atoms with Crippen molar-refractivity contribution in [3.8, 4) is 0 Å². The third kappa shape index (κ3) is 4.36. The Morgan fingerprint density at radius 2 is 1.92 bits per heavy atom. The molecule has 0 spiro atoms. The largest absolute Gasteiger partial charge is 0.399 e. The van der Waals surface area contributed by atoms with E-state index in [1.807, 2.05) is 0 Å². The lowest BCUT2D eigenvalue weighted by Gasteiger charge is -2.00. The van der Waals surface area contributed by atoms with E-state index in [0.29, 0.717) is 10.6 Å². The number of anilines is 1. The maximum Gasteiger partial charge on any atom is 0.0697 e. The minimum Gasteiger partial charge on any atom is -0.399 e. The summed E-state index contributed by atoms with van der Waals surface area (Å²) in [6.07, 6.45) is 1.38. The quantitative estimate of drug-likeness (QED) is 0.742. The summed E-state index contributed by atoms with van der Waals surface area (Å²) in [5.74, 6) is 0. The summed E-state index contributed by atoms with van der Waals surface area (Å²) in [6, 6.07) is 6.61. The summed E-state index contributed by atoms with van der Waals surface area (Å²) in [6.45, 7) is 0. The normalized spacial score (nSPS) is 13.3. The molecule has 0 aromatic heterocycles. The van der Waals surface area contributed by atoms with Gasteiger partial charge in [0.15, 0.2) is 0 Å². The molecule has 1 atom stereocenters. The Kier molecular flexibility index (Phi) is 6.15. The first kappa shape index (κ1) is 15.0. The van der Waals surface area contributed by atoms with Crippen molar-refractivity contribution < 1.29 is 4.21 Å². The van der Waals surface area contributed by atoms with Gasteiger partial charge in [-0.2, -0.15) is 0 Å². The van der Waals surface area contributed by atoms with Gasteiger partial charge in [-0.25, -0.2) is 8.99 Å². The fourth-order valence-electron chi connectivity index (χ4n) is 0.757. The molecule has 1 rings (SSSR count). The van der Waals surface area contributed by atoms with Gasteiger partial charge in [0.25, 0.3) is 0 Å². The van der Waals surface area contributed by atoms with E-state index >= 15 is 0 Å². The molecule has 0 saturated carbocycles. The van der Waals surface area contributed by atoms with Gasteiger partial charge >= 0.3 is 0 Å². The average molecular weight is 243 g/mol. The van der Waals surface area contributed by atoms with Crippen molar-refractivity contribution in [3.05, 3.63) is 24.3 Å². The molecule has 13 heavy (non-hydrogen) atoms. The topological polar surface area (TPSA) is 66.9 Å². The van der Waals surface area contributed by atoms with E-state index in [4.69, 9.17) is 10.5 Å². The van der Waals surface area contributed by atoms with Gasteiger partial charge in [0.05, 0.1) is 9.73 Å². The molecule has 1 aromatic carbocycles. The third-order valence-corrected chi connectivity index (χ3v) is 2.46. The van der Waals surface area contributed by atoms with E-state index in [9.17, 15) is 4.21 Å². The second-order valence-electron chi connectivity index (χ2n) is 2.42. The number of nitrogen functional groups attached to an aromatic ring is 1. The van der Waals surface area contributed by atoms with Crippen LogP contribution in [0, 0.1) is 4.78 Å². The van der Waals surface area contributed by atoms with Gasteiger partial charge in [-0.05, 0) is 18.2 Å². The molecule has 0 aliphatic carbocycles. The minimum atomic E-state index is -2.61. The third-order valence-electron chi connectivity index (χ3n) is 1.31. The molecular formula is C7H12Cl2N2OS. The predicted octanol–water partition coefficient (Wildman–Crippen LogP) is 2.15. The van der Waals surface area contributed by atoms with E-state index < -0.39 is 9.73 Å². The lowest BCUT2D eigenvalue weighted by atomic mass is 10.3. The van der Waals surface area contributed by atoms with Gasteiger partial charge in [0, 0.05) is 16.8 Å². The van der Waals surface area contributed by atoms with Crippen LogP contribution in [0.5, 0.6) is 0 Å². The molecule has 0 aliphatic heterocycles. The molecular weight excluding hydrogens is 231 g/mol. The fraction of sp³-hybridized carbons (Fsp3) is 0.143. The summed E-state index contributed by atoms with van der Waals surface area (Å²) in [5, 5.41) is 0. The highest BCUT2D eigenvalue weighted by molar-refractivity contribution is 7.91. The maximum absolute atomic E-state index is 11.2. The van der Waals surface area contributed by atoms with Crippen LogP contribution in [0.15, 0.2) is 29.2 Å². The van der Waals surface area contributed by atoms with Crippen LogP contribution in [0.3, 0.4) is 0 Å². The molecule has 1 unspecified atom stereocenters. The summed E-state index contributed by atoms with van der Waals surface area (Å²) in [7, 11) is -2.61. The first-order valence-corrected chi connectivity index (χ1v) is 5.06. The summed E-state index contributed by atoms with van der Waals surface area (Å²) in [4.78, 5) is 0.484. The fourth-order valence-corrected chi connectivity index (χ4v) is 1.46. The molecule has 76 valence electrons. The first-order chi connectivity index (χ1) is 5.00. The van der Waals surface area contributed by atoms with Gasteiger partial charge in [-0.1, -0.05) is 6.07 Å². The lowest BCUT2D eigenvalue weighted by molar-refractivity contribution is 0.679. The minimum absolute atomic E-state index is 0. The van der Waals surface area contributed by atoms with Gasteiger partial charge in [0.1, 0.15) is 0 Å². The second-order valence-corrected chi connectivity index (χ2v) is 4.57. The van der Waals surface area contributed by atoms with Crippen molar-refractivity contribution in [1.29, 1.82) is 4.78 Å². The van der Waals surface area contributed by atoms with E-state index in [0.717, 1.165) is 0 Å². The Hall–Kier alpha value is -0.450. The molecule has 3 nitrogen and oxygen atoms in total. The number of hydrogen-bond donors (Lipinski definition) is 2. The van der Waals surface area contributed by atoms with E-state index in [1.54, 1.807) is 24.3 Å². The van der Waals surface area contributed by atoms with Crippen molar-refractivity contribution in [2.45, 2.75) is 4.90 Å². The van der Waals surface area contributed by atoms with Crippen molar-refractivity contribution in [3.63, 3.8) is 0 Å². The van der Waals surface area contributed by atoms with Gasteiger partial charge in [0.2, 0.25) is 0 Å². The van der Waals surface area contributed by atoms with Crippen LogP contribution in [-0.4, -0.2) is 10.5 Å². The van der Waals surface area contributed by atoms with Gasteiger partial charge in [-0.15, -0.1) is 24.8 Å². The zero-order chi connectivity index (χ0) is 8.48. The number of rotatable bonds is 1. The summed E-state index contributed by atoms with van der Waals surface area (Å²) >= 11 is 0. The highest BCUT2D eigenvalue weighted by Crippen LogP contribution is 2.12. The van der Waals surface area contributed by atoms with Crippen molar-refractivity contribution in [2.75, 3.05) is 12.0 Å². The van der Waals surface area contributed by atoms with Gasteiger partial charge < -0.3 is 5.73 Å². The Morgan fingerprint density at radius 3 is 2.23 bits per heavy atom. The molecule has 0 aliphatic rings. The summed E-state index contributed by atoms with van der Waals surface area (Å²) < 4.78 is 18.4. The number of nitrogens with two attached hydrogens (primary N) is 1. The molecule has 1 aromatic rings. The molecule has 0 saturated heterocycles. The highest BCUT2D eigenvalue weighted by atomic mass is 35.5. The van der Waals surface area contributed by atoms with Crippen LogP contribution in [0.1, 0.15) is 0 Å². The molecule has 0 amide bonds. The number of halogens is 2. The molecule has 6 heteroatoms. The van der Waals surface area contributed by atoms with Crippen LogP contribution in [0.25, 0.3) is 0 Å². The highest BCUT2D eigenvalue weighted by Gasteiger charge is 2.01. The number of benzene rings is 1. The van der Waals surface area contributed by atoms with Crippen molar-refractivity contribution in [2.24, 2.45) is 0 Å². The van der Waals surface area contributed by atoms with Crippen molar-refractivity contribution in [1.82, 2.24) is 0 Å². The monoisotopic (exact) mass is 242 g/mol. The van der Waals surface area contributed by atoms with Crippen LogP contribution in [-0.2, 0) is 9.73 Å². The van der Waals surface area contributed by atoms with Crippen LogP contribution >= 0.6 is 24.8 Å². The Bertz CT molecular complexity index is 365. The van der Waals surface area contributed by atoms with Crippen LogP contribution in [0.4, 0.5) is 5.69 Å². The number of hydrogen-bond acceptors (Lipinski definition) is 3. The van der Waals surface area contributed by atoms with E-state index in [2.05, 4.69) is 0 Å². The smallest absolute Gasteiger partial charge is 0.0697 e. The second kappa shape index (κ2) is 5.32. The van der Waals surface area contributed by atoms with E-state index in [-0.39, 0.29) is 24.8 Å². The molecule has 0 radical (unpaired) electrons. The van der Waals surface area contributed by atoms with Crippen LogP contribution < -0.4 is 5.73 Å². The Balaban J connectivity index is 0. The standard InChI is InChI=1S/C7H10N2OS.2ClH/c1-11(9,10)7-4-2-3-6(8)5-7;;/h2-5,9H,8H2,1H3;2*1H. The SMILES string of the molecule is CS(=N)(=O)c1cccc(N)c1.Cl.Cl. The zero-order valence-corrected chi connectivity index (χ0v) is 9.47. The average Bonchev–Trinajstić information content (AvgIpc) is 1.86. The predicted molar refractivity (Wildman–Crippen MR) is 60.4 cm³/mol. The zero-order valence-electron chi connectivity index (χ0n) is 7.02. The molecule has 0 fully saturated rings. The van der Waals surface area contributed by atoms with E-state index in [1.165, 1.54) is 6.26 Å². The number of nitrogens with one attached hydrogen (secondary N) is 1. The van der Waals surface area contributed by atoms with Crippen LogP contribution in [0.2, 0.25) is 0 Å². The van der Waals surface area contributed by atoms with Gasteiger partial charge in [-0.3, -0.25) is 0 Å². The molecule has 3 N–H and O–H groups in total. The van der Waals surface area contributed by atoms with Crippen molar-refractivity contribution >= 4 is 40.2 Å².